The second-order valence-electron chi connectivity index (χ2n) is 15.3. The summed E-state index contributed by atoms with van der Waals surface area (Å²) in [6.07, 6.45) is 0.831. The first-order chi connectivity index (χ1) is 28.8. The molecule has 0 bridgehead atoms. The molecule has 0 aliphatic carbocycles. The van der Waals surface area contributed by atoms with Gasteiger partial charge in [-0.25, -0.2) is 4.98 Å². The van der Waals surface area contributed by atoms with E-state index in [9.17, 15) is 41.9 Å². The van der Waals surface area contributed by atoms with Gasteiger partial charge in [0.05, 0.1) is 40.2 Å². The van der Waals surface area contributed by atoms with E-state index in [0.29, 0.717) is 82.3 Å². The lowest BCUT2D eigenvalue weighted by molar-refractivity contribution is -0.138. The van der Waals surface area contributed by atoms with Crippen molar-refractivity contribution in [2.24, 2.45) is 5.92 Å². The van der Waals surface area contributed by atoms with Gasteiger partial charge in [0.15, 0.2) is 0 Å². The lowest BCUT2D eigenvalue weighted by Crippen LogP contribution is -2.54. The Bertz CT molecular complexity index is 2210. The van der Waals surface area contributed by atoms with Gasteiger partial charge in [0, 0.05) is 75.9 Å². The zero-order valence-electron chi connectivity index (χ0n) is 32.7. The summed E-state index contributed by atoms with van der Waals surface area (Å²) >= 11 is 0. The maximum atomic E-state index is 13.4. The lowest BCUT2D eigenvalue weighted by Gasteiger charge is -2.36. The van der Waals surface area contributed by atoms with E-state index >= 15 is 0 Å². The van der Waals surface area contributed by atoms with Gasteiger partial charge in [0.2, 0.25) is 23.6 Å². The Morgan fingerprint density at radius 2 is 1.55 bits per heavy atom. The summed E-state index contributed by atoms with van der Waals surface area (Å²) in [7, 11) is 0. The number of amides is 6. The fourth-order valence-corrected chi connectivity index (χ4v) is 8.10. The summed E-state index contributed by atoms with van der Waals surface area (Å²) in [6.45, 7) is 3.78. The van der Waals surface area contributed by atoms with Crippen molar-refractivity contribution in [1.29, 1.82) is 5.26 Å². The number of nitrogens with zero attached hydrogens (tertiary/aromatic N) is 6. The minimum absolute atomic E-state index is 0.0553. The van der Waals surface area contributed by atoms with Crippen LogP contribution in [0.25, 0.3) is 0 Å². The first kappa shape index (κ1) is 41.6. The number of unbranched alkanes of at least 4 members (excludes halogenated alkanes) is 2. The van der Waals surface area contributed by atoms with Gasteiger partial charge in [0.1, 0.15) is 11.9 Å². The molecule has 1 aromatic heterocycles. The number of alkyl halides is 3. The monoisotopic (exact) mass is 827 g/mol. The van der Waals surface area contributed by atoms with Crippen LogP contribution in [0.4, 0.5) is 36.1 Å². The molecule has 6 amide bonds. The number of fused-ring (bicyclic) bond motifs is 1. The van der Waals surface area contributed by atoms with Crippen molar-refractivity contribution in [3.05, 3.63) is 77.0 Å². The number of piperidine rings is 2. The molecule has 15 nitrogen and oxygen atoms in total. The number of nitrogens with one attached hydrogen (secondary N) is 3. The fourth-order valence-electron chi connectivity index (χ4n) is 8.10. The Morgan fingerprint density at radius 1 is 0.833 bits per heavy atom. The molecule has 0 spiro atoms. The van der Waals surface area contributed by atoms with Crippen molar-refractivity contribution >= 4 is 58.3 Å². The van der Waals surface area contributed by atoms with Crippen molar-refractivity contribution in [2.75, 3.05) is 66.2 Å². The highest BCUT2D eigenvalue weighted by Gasteiger charge is 2.44. The van der Waals surface area contributed by atoms with Crippen LogP contribution in [0.1, 0.15) is 83.2 Å². The molecular weight excluding hydrogens is 784 g/mol. The van der Waals surface area contributed by atoms with E-state index in [1.807, 2.05) is 11.0 Å². The predicted octanol–water partition coefficient (Wildman–Crippen LogP) is 4.55. The van der Waals surface area contributed by atoms with Gasteiger partial charge in [0.25, 0.3) is 11.8 Å². The minimum atomic E-state index is -4.64. The first-order valence-corrected chi connectivity index (χ1v) is 20.1. The molecule has 1 unspecified atom stereocenters. The van der Waals surface area contributed by atoms with Crippen molar-refractivity contribution < 1.29 is 41.9 Å². The van der Waals surface area contributed by atoms with Crippen LogP contribution >= 0.6 is 0 Å². The average molecular weight is 828 g/mol. The highest BCUT2D eigenvalue weighted by atomic mass is 19.4. The molecule has 4 aliphatic heterocycles. The number of anilines is 4. The third-order valence-corrected chi connectivity index (χ3v) is 11.5. The summed E-state index contributed by atoms with van der Waals surface area (Å²) in [5.74, 6) is -2.23. The van der Waals surface area contributed by atoms with E-state index in [1.165, 1.54) is 12.1 Å². The molecule has 3 aromatic rings. The van der Waals surface area contributed by atoms with Crippen LogP contribution in [-0.2, 0) is 25.4 Å². The number of carbonyl (C=O) groups excluding carboxylic acids is 6. The van der Waals surface area contributed by atoms with Gasteiger partial charge in [-0.2, -0.15) is 18.4 Å². The molecule has 314 valence electrons. The maximum Gasteiger partial charge on any atom is 0.417 e. The van der Waals surface area contributed by atoms with Crippen LogP contribution in [0.15, 0.2) is 54.7 Å². The first-order valence-electron chi connectivity index (χ1n) is 20.1. The van der Waals surface area contributed by atoms with Crippen molar-refractivity contribution in [3.63, 3.8) is 0 Å². The summed E-state index contributed by atoms with van der Waals surface area (Å²) in [5.41, 5.74) is 0.933. The molecule has 18 heteroatoms. The molecule has 5 heterocycles. The van der Waals surface area contributed by atoms with Gasteiger partial charge in [-0.05, 0) is 80.6 Å². The van der Waals surface area contributed by atoms with Gasteiger partial charge < -0.3 is 25.3 Å². The van der Waals surface area contributed by atoms with Crippen LogP contribution in [0.5, 0.6) is 0 Å². The molecule has 1 atom stereocenters. The fraction of sp³-hybridized carbons (Fsp3) is 0.429. The van der Waals surface area contributed by atoms with Crippen molar-refractivity contribution in [2.45, 2.75) is 63.6 Å². The van der Waals surface area contributed by atoms with Crippen LogP contribution in [-0.4, -0.2) is 102 Å². The van der Waals surface area contributed by atoms with Crippen molar-refractivity contribution in [1.82, 2.24) is 20.1 Å². The third-order valence-electron chi connectivity index (χ3n) is 11.5. The van der Waals surface area contributed by atoms with Crippen LogP contribution in [0.3, 0.4) is 0 Å². The molecule has 7 rings (SSSR count). The Balaban J connectivity index is 0.781. The standard InChI is InChI=1S/C42H44F3N9O6/c43-42(44,45)33-23-29(7-5-27(33)24-46)51-16-13-26(14-17-51)38(57)49-35-11-8-30(25-48-35)52-18-20-53(21-19-52)37(56)4-2-1-3-15-47-28-6-9-31-32(22-28)41(60)54(40(31)59)34-10-12-36(55)50-39(34)58/h5-9,11,22-23,25-26,34,47H,1-4,10,12-21H2,(H,48,49,57)(H,50,55,58). The summed E-state index contributed by atoms with van der Waals surface area (Å²) in [5, 5.41) is 17.4. The number of hydrogen-bond donors (Lipinski definition) is 3. The van der Waals surface area contributed by atoms with E-state index in [4.69, 9.17) is 5.26 Å². The normalized spacial score (nSPS) is 18.6. The minimum Gasteiger partial charge on any atom is -0.385 e. The molecule has 3 saturated heterocycles. The Kier molecular flexibility index (Phi) is 12.3. The molecule has 4 aliphatic rings. The molecule has 0 saturated carbocycles. The van der Waals surface area contributed by atoms with Crippen LogP contribution < -0.4 is 25.8 Å². The topological polar surface area (TPSA) is 188 Å². The van der Waals surface area contributed by atoms with Crippen LogP contribution in [0.2, 0.25) is 0 Å². The largest absolute Gasteiger partial charge is 0.417 e. The maximum absolute atomic E-state index is 13.4. The highest BCUT2D eigenvalue weighted by molar-refractivity contribution is 6.23. The highest BCUT2D eigenvalue weighted by Crippen LogP contribution is 2.36. The number of pyridine rings is 1. The number of benzene rings is 2. The summed E-state index contributed by atoms with van der Waals surface area (Å²) < 4.78 is 40.3. The van der Waals surface area contributed by atoms with Gasteiger partial charge in [-0.1, -0.05) is 6.42 Å². The quantitative estimate of drug-likeness (QED) is 0.172. The Hall–Kier alpha value is -6.51. The van der Waals surface area contributed by atoms with E-state index in [1.54, 1.807) is 41.4 Å². The Labute approximate surface area is 343 Å². The summed E-state index contributed by atoms with van der Waals surface area (Å²) in [4.78, 5) is 87.0. The Morgan fingerprint density at radius 3 is 2.23 bits per heavy atom. The SMILES string of the molecule is N#Cc1ccc(N2CCC(C(=O)Nc3ccc(N4CCN(C(=O)CCCCCNc5ccc6c(c5)C(=O)N(C5CCC(=O)NC5=O)C6=O)CC4)cn3)CC2)cc1C(F)(F)F. The lowest BCUT2D eigenvalue weighted by atomic mass is 9.95. The predicted molar refractivity (Wildman–Crippen MR) is 213 cm³/mol. The van der Waals surface area contributed by atoms with Gasteiger partial charge in [-0.3, -0.25) is 39.0 Å². The van der Waals surface area contributed by atoms with E-state index in [2.05, 4.69) is 25.8 Å². The number of imide groups is 2. The van der Waals surface area contributed by atoms with Crippen molar-refractivity contribution in [3.8, 4) is 6.07 Å². The number of hydrogen-bond acceptors (Lipinski definition) is 11. The number of halogens is 3. The molecule has 60 heavy (non-hydrogen) atoms. The molecule has 3 N–H and O–H groups in total. The molecule has 0 radical (unpaired) electrons. The smallest absolute Gasteiger partial charge is 0.385 e. The second kappa shape index (κ2) is 17.8. The number of rotatable bonds is 12. The van der Waals surface area contributed by atoms with E-state index in [0.717, 1.165) is 35.9 Å². The van der Waals surface area contributed by atoms with E-state index in [-0.39, 0.29) is 41.7 Å². The van der Waals surface area contributed by atoms with E-state index < -0.39 is 47.0 Å². The zero-order valence-corrected chi connectivity index (χ0v) is 32.7. The molecular formula is C42H44F3N9O6. The molecule has 3 fully saturated rings. The number of nitriles is 1. The average Bonchev–Trinajstić information content (AvgIpc) is 3.49. The number of aromatic nitrogens is 1. The molecule has 2 aromatic carbocycles. The van der Waals surface area contributed by atoms with Gasteiger partial charge in [-0.15, -0.1) is 0 Å². The summed E-state index contributed by atoms with van der Waals surface area (Å²) in [6, 6.07) is 12.7. The van der Waals surface area contributed by atoms with Gasteiger partial charge >= 0.3 is 6.18 Å². The third kappa shape index (κ3) is 9.19. The van der Waals surface area contributed by atoms with Crippen LogP contribution in [0, 0.1) is 17.2 Å². The zero-order chi connectivity index (χ0) is 42.6. The number of carbonyl (C=O) groups is 6. The number of piperazine rings is 1. The second-order valence-corrected chi connectivity index (χ2v) is 15.3.